The zero-order valence-electron chi connectivity index (χ0n) is 14.5. The minimum absolute atomic E-state index is 0.912. The predicted octanol–water partition coefficient (Wildman–Crippen LogP) is 6.03. The first kappa shape index (κ1) is 18.0. The van der Waals surface area contributed by atoms with Crippen molar-refractivity contribution < 1.29 is 0 Å². The Labute approximate surface area is 128 Å². The van der Waals surface area contributed by atoms with Gasteiger partial charge in [-0.3, -0.25) is 4.90 Å². The van der Waals surface area contributed by atoms with E-state index in [2.05, 4.69) is 25.7 Å². The van der Waals surface area contributed by atoms with Gasteiger partial charge in [0, 0.05) is 19.1 Å². The summed E-state index contributed by atoms with van der Waals surface area (Å²) in [4.78, 5) is 2.77. The third kappa shape index (κ3) is 7.67. The minimum Gasteiger partial charge on any atom is -0.300 e. The second-order valence-corrected chi connectivity index (χ2v) is 7.12. The summed E-state index contributed by atoms with van der Waals surface area (Å²) in [6.45, 7) is 9.75. The fourth-order valence-corrected chi connectivity index (χ4v) is 3.52. The zero-order chi connectivity index (χ0) is 14.6. The third-order valence-corrected chi connectivity index (χ3v) is 4.89. The van der Waals surface area contributed by atoms with E-state index >= 15 is 0 Å². The van der Waals surface area contributed by atoms with E-state index in [1.807, 2.05) is 0 Å². The number of hydrogen-bond acceptors (Lipinski definition) is 1. The van der Waals surface area contributed by atoms with Gasteiger partial charge in [0.1, 0.15) is 0 Å². The lowest BCUT2D eigenvalue weighted by Gasteiger charge is -2.43. The Morgan fingerprint density at radius 1 is 0.750 bits per heavy atom. The maximum atomic E-state index is 2.77. The minimum atomic E-state index is 0.912. The van der Waals surface area contributed by atoms with Crippen LogP contribution < -0.4 is 0 Å². The molecular weight excluding hydrogens is 242 g/mol. The summed E-state index contributed by atoms with van der Waals surface area (Å²) in [6, 6.07) is 0.912. The van der Waals surface area contributed by atoms with Crippen LogP contribution in [-0.4, -0.2) is 24.0 Å². The van der Waals surface area contributed by atoms with Gasteiger partial charge in [-0.1, -0.05) is 85.0 Å². The van der Waals surface area contributed by atoms with Crippen LogP contribution in [-0.2, 0) is 0 Å². The molecule has 1 rings (SSSR count). The first-order chi connectivity index (χ1) is 9.77. The van der Waals surface area contributed by atoms with Gasteiger partial charge in [-0.05, 0) is 18.8 Å². The highest BCUT2D eigenvalue weighted by atomic mass is 15.2. The predicted molar refractivity (Wildman–Crippen MR) is 91.3 cm³/mol. The lowest BCUT2D eigenvalue weighted by molar-refractivity contribution is 0.0510. The molecule has 0 spiro atoms. The molecule has 0 unspecified atom stereocenters. The molecule has 0 aromatic rings. The Balaban J connectivity index is 2.12. The summed E-state index contributed by atoms with van der Waals surface area (Å²) < 4.78 is 0. The van der Waals surface area contributed by atoms with E-state index in [0.717, 1.165) is 12.0 Å². The SMILES string of the molecule is CCCCCCCC(CCCCCCC)N1CC(C)C1. The molecule has 0 radical (unpaired) electrons. The van der Waals surface area contributed by atoms with Crippen molar-refractivity contribution in [2.75, 3.05) is 13.1 Å². The zero-order valence-corrected chi connectivity index (χ0v) is 14.5. The quantitative estimate of drug-likeness (QED) is 0.373. The van der Waals surface area contributed by atoms with Crippen LogP contribution in [0.1, 0.15) is 97.8 Å². The first-order valence-corrected chi connectivity index (χ1v) is 9.52. The van der Waals surface area contributed by atoms with Crippen LogP contribution in [0.2, 0.25) is 0 Å². The normalized spacial score (nSPS) is 16.8. The van der Waals surface area contributed by atoms with E-state index in [1.165, 1.54) is 90.1 Å². The maximum Gasteiger partial charge on any atom is 0.00955 e. The van der Waals surface area contributed by atoms with Crippen LogP contribution in [0.15, 0.2) is 0 Å². The molecule has 1 heteroatoms. The second-order valence-electron chi connectivity index (χ2n) is 7.12. The first-order valence-electron chi connectivity index (χ1n) is 9.52. The molecule has 0 bridgehead atoms. The Morgan fingerprint density at radius 3 is 1.60 bits per heavy atom. The third-order valence-electron chi connectivity index (χ3n) is 4.89. The maximum absolute atomic E-state index is 2.77. The number of hydrogen-bond donors (Lipinski definition) is 0. The molecule has 0 aromatic carbocycles. The van der Waals surface area contributed by atoms with Crippen molar-refractivity contribution in [1.82, 2.24) is 4.90 Å². The monoisotopic (exact) mass is 281 g/mol. The molecule has 0 N–H and O–H groups in total. The summed E-state index contributed by atoms with van der Waals surface area (Å²) in [5, 5.41) is 0. The molecule has 1 aliphatic heterocycles. The summed E-state index contributed by atoms with van der Waals surface area (Å²) >= 11 is 0. The Hall–Kier alpha value is -0.0400. The molecule has 0 saturated carbocycles. The van der Waals surface area contributed by atoms with E-state index in [0.29, 0.717) is 0 Å². The smallest absolute Gasteiger partial charge is 0.00955 e. The summed E-state index contributed by atoms with van der Waals surface area (Å²) in [5.41, 5.74) is 0. The van der Waals surface area contributed by atoms with E-state index in [9.17, 15) is 0 Å². The fraction of sp³-hybridized carbons (Fsp3) is 1.00. The molecule has 20 heavy (non-hydrogen) atoms. The van der Waals surface area contributed by atoms with Crippen molar-refractivity contribution in [3.05, 3.63) is 0 Å². The average Bonchev–Trinajstić information content (AvgIpc) is 2.41. The van der Waals surface area contributed by atoms with E-state index in [-0.39, 0.29) is 0 Å². The molecule has 120 valence electrons. The van der Waals surface area contributed by atoms with Crippen molar-refractivity contribution in [1.29, 1.82) is 0 Å². The fourth-order valence-electron chi connectivity index (χ4n) is 3.52. The lowest BCUT2D eigenvalue weighted by atomic mass is 9.93. The molecule has 1 aliphatic rings. The second kappa shape index (κ2) is 11.6. The van der Waals surface area contributed by atoms with Crippen LogP contribution >= 0.6 is 0 Å². The van der Waals surface area contributed by atoms with Gasteiger partial charge < -0.3 is 0 Å². The molecule has 1 fully saturated rings. The van der Waals surface area contributed by atoms with E-state index in [1.54, 1.807) is 0 Å². The highest BCUT2D eigenvalue weighted by Crippen LogP contribution is 2.25. The molecule has 1 heterocycles. The summed E-state index contributed by atoms with van der Waals surface area (Å²) in [6.07, 6.45) is 17.3. The average molecular weight is 282 g/mol. The van der Waals surface area contributed by atoms with Crippen molar-refractivity contribution in [2.45, 2.75) is 104 Å². The standard InChI is InChI=1S/C19H39N/c1-4-6-8-10-12-14-19(20-16-18(3)17-20)15-13-11-9-7-5-2/h18-19H,4-17H2,1-3H3. The highest BCUT2D eigenvalue weighted by Gasteiger charge is 2.28. The lowest BCUT2D eigenvalue weighted by Crippen LogP contribution is -2.50. The van der Waals surface area contributed by atoms with Crippen LogP contribution in [0.5, 0.6) is 0 Å². The van der Waals surface area contributed by atoms with Crippen molar-refractivity contribution in [3.63, 3.8) is 0 Å². The number of unbranched alkanes of at least 4 members (excludes halogenated alkanes) is 8. The van der Waals surface area contributed by atoms with Crippen LogP contribution in [0, 0.1) is 5.92 Å². The van der Waals surface area contributed by atoms with Gasteiger partial charge >= 0.3 is 0 Å². The number of rotatable bonds is 13. The largest absolute Gasteiger partial charge is 0.300 e. The summed E-state index contributed by atoms with van der Waals surface area (Å²) in [5.74, 6) is 0.956. The van der Waals surface area contributed by atoms with Gasteiger partial charge in [0.2, 0.25) is 0 Å². The molecule has 0 amide bonds. The van der Waals surface area contributed by atoms with Crippen molar-refractivity contribution in [2.24, 2.45) is 5.92 Å². The van der Waals surface area contributed by atoms with E-state index < -0.39 is 0 Å². The number of nitrogens with zero attached hydrogens (tertiary/aromatic N) is 1. The molecule has 0 aromatic heterocycles. The van der Waals surface area contributed by atoms with Gasteiger partial charge in [-0.25, -0.2) is 0 Å². The number of likely N-dealkylation sites (tertiary alicyclic amines) is 1. The topological polar surface area (TPSA) is 3.24 Å². The van der Waals surface area contributed by atoms with Crippen molar-refractivity contribution >= 4 is 0 Å². The Kier molecular flexibility index (Phi) is 10.4. The van der Waals surface area contributed by atoms with Gasteiger partial charge in [0.25, 0.3) is 0 Å². The molecule has 1 saturated heterocycles. The molecule has 0 aliphatic carbocycles. The van der Waals surface area contributed by atoms with Crippen LogP contribution in [0.4, 0.5) is 0 Å². The summed E-state index contributed by atoms with van der Waals surface area (Å²) in [7, 11) is 0. The Bertz CT molecular complexity index is 194. The van der Waals surface area contributed by atoms with Gasteiger partial charge in [0.05, 0.1) is 0 Å². The molecule has 1 nitrogen and oxygen atoms in total. The van der Waals surface area contributed by atoms with Gasteiger partial charge in [0.15, 0.2) is 0 Å². The van der Waals surface area contributed by atoms with Gasteiger partial charge in [-0.2, -0.15) is 0 Å². The van der Waals surface area contributed by atoms with Gasteiger partial charge in [-0.15, -0.1) is 0 Å². The van der Waals surface area contributed by atoms with E-state index in [4.69, 9.17) is 0 Å². The van der Waals surface area contributed by atoms with Crippen LogP contribution in [0.25, 0.3) is 0 Å². The molecular formula is C19H39N. The highest BCUT2D eigenvalue weighted by molar-refractivity contribution is 4.83. The van der Waals surface area contributed by atoms with Crippen molar-refractivity contribution in [3.8, 4) is 0 Å². The molecule has 0 atom stereocenters. The van der Waals surface area contributed by atoms with Crippen LogP contribution in [0.3, 0.4) is 0 Å². The Morgan fingerprint density at radius 2 is 1.20 bits per heavy atom.